The normalized spacial score (nSPS) is 22.4. The van der Waals surface area contributed by atoms with Crippen molar-refractivity contribution in [2.24, 2.45) is 11.8 Å². The van der Waals surface area contributed by atoms with Gasteiger partial charge in [-0.3, -0.25) is 9.59 Å². The molecule has 2 aliphatic heterocycles. The molecule has 0 aromatic heterocycles. The highest BCUT2D eigenvalue weighted by Gasteiger charge is 2.32. The van der Waals surface area contributed by atoms with Gasteiger partial charge in [-0.1, -0.05) is 0 Å². The van der Waals surface area contributed by atoms with Crippen LogP contribution in [0.4, 0.5) is 13.2 Å². The number of fused-ring (bicyclic) bond motifs is 1. The number of nitrogens with zero attached hydrogens (tertiary/aromatic N) is 1. The molecule has 0 saturated carbocycles. The van der Waals surface area contributed by atoms with Crippen LogP contribution in [0.3, 0.4) is 0 Å². The second-order valence-electron chi connectivity index (χ2n) is 6.89. The Bertz CT molecular complexity index is 653. The monoisotopic (exact) mass is 405 g/mol. The summed E-state index contributed by atoms with van der Waals surface area (Å²) in [7, 11) is 0. The molecule has 2 saturated heterocycles. The van der Waals surface area contributed by atoms with E-state index in [1.165, 1.54) is 0 Å². The molecule has 2 aliphatic rings. The Kier molecular flexibility index (Phi) is 7.11. The van der Waals surface area contributed by atoms with Gasteiger partial charge in [-0.05, 0) is 62.0 Å². The summed E-state index contributed by atoms with van der Waals surface area (Å²) in [4.78, 5) is 26.2. The quantitative estimate of drug-likeness (QED) is 0.811. The minimum Gasteiger partial charge on any atom is -0.343 e. The summed E-state index contributed by atoms with van der Waals surface area (Å²) in [5, 5.41) is 5.88. The SMILES string of the molecule is Cl.O=C(NCC(=O)N1CC[C@@H]2CNC[C@@H]2CC1)c1ccc(C(F)(F)F)cc1. The van der Waals surface area contributed by atoms with E-state index >= 15 is 0 Å². The molecule has 2 fully saturated rings. The number of carbonyl (C=O) groups is 2. The van der Waals surface area contributed by atoms with E-state index in [9.17, 15) is 22.8 Å². The fourth-order valence-electron chi connectivity index (χ4n) is 3.65. The molecule has 1 aromatic rings. The molecule has 0 radical (unpaired) electrons. The van der Waals surface area contributed by atoms with Crippen LogP contribution in [0.2, 0.25) is 0 Å². The highest BCUT2D eigenvalue weighted by Crippen LogP contribution is 2.29. The van der Waals surface area contributed by atoms with Gasteiger partial charge in [-0.2, -0.15) is 13.2 Å². The standard InChI is InChI=1S/C18H22F3N3O2.ClH/c19-18(20,21)15-3-1-12(2-4-15)17(26)23-11-16(25)24-7-5-13-9-22-10-14(13)6-8-24;/h1-4,13-14,22H,5-11H2,(H,23,26);1H/t13-,14+;. The Hall–Kier alpha value is -1.80. The molecule has 0 bridgehead atoms. The molecule has 0 aliphatic carbocycles. The lowest BCUT2D eigenvalue weighted by atomic mass is 9.92. The van der Waals surface area contributed by atoms with Crippen LogP contribution in [0.25, 0.3) is 0 Å². The predicted molar refractivity (Wildman–Crippen MR) is 96.7 cm³/mol. The number of rotatable bonds is 3. The fraction of sp³-hybridized carbons (Fsp3) is 0.556. The average molecular weight is 406 g/mol. The number of benzene rings is 1. The lowest BCUT2D eigenvalue weighted by Crippen LogP contribution is -2.41. The van der Waals surface area contributed by atoms with Crippen LogP contribution in [0, 0.1) is 11.8 Å². The molecule has 0 spiro atoms. The van der Waals surface area contributed by atoms with Gasteiger partial charge in [0.25, 0.3) is 5.91 Å². The molecular weight excluding hydrogens is 383 g/mol. The number of carbonyl (C=O) groups excluding carboxylic acids is 2. The van der Waals surface area contributed by atoms with Crippen molar-refractivity contribution in [3.63, 3.8) is 0 Å². The second kappa shape index (κ2) is 8.93. The van der Waals surface area contributed by atoms with E-state index in [4.69, 9.17) is 0 Å². The van der Waals surface area contributed by atoms with Gasteiger partial charge in [0.05, 0.1) is 12.1 Å². The van der Waals surface area contributed by atoms with Gasteiger partial charge in [-0.25, -0.2) is 0 Å². The van der Waals surface area contributed by atoms with Gasteiger partial charge < -0.3 is 15.5 Å². The maximum Gasteiger partial charge on any atom is 0.416 e. The summed E-state index contributed by atoms with van der Waals surface area (Å²) in [6, 6.07) is 3.95. The first-order valence-corrected chi connectivity index (χ1v) is 8.78. The zero-order valence-electron chi connectivity index (χ0n) is 14.7. The number of hydrogen-bond donors (Lipinski definition) is 2. The van der Waals surface area contributed by atoms with E-state index in [-0.39, 0.29) is 30.4 Å². The molecule has 0 unspecified atom stereocenters. The zero-order valence-corrected chi connectivity index (χ0v) is 15.5. The first-order valence-electron chi connectivity index (χ1n) is 8.78. The second-order valence-corrected chi connectivity index (χ2v) is 6.89. The smallest absolute Gasteiger partial charge is 0.343 e. The van der Waals surface area contributed by atoms with Crippen LogP contribution in [-0.2, 0) is 11.0 Å². The van der Waals surface area contributed by atoms with Gasteiger partial charge in [0.2, 0.25) is 5.91 Å². The third-order valence-electron chi connectivity index (χ3n) is 5.25. The van der Waals surface area contributed by atoms with E-state index in [0.29, 0.717) is 24.9 Å². The van der Waals surface area contributed by atoms with Crippen LogP contribution < -0.4 is 10.6 Å². The van der Waals surface area contributed by atoms with E-state index in [2.05, 4.69) is 10.6 Å². The van der Waals surface area contributed by atoms with Crippen LogP contribution >= 0.6 is 12.4 Å². The van der Waals surface area contributed by atoms with Gasteiger partial charge in [0, 0.05) is 18.7 Å². The number of nitrogens with one attached hydrogen (secondary N) is 2. The Morgan fingerprint density at radius 3 is 2.15 bits per heavy atom. The predicted octanol–water partition coefficient (Wildman–Crippen LogP) is 2.32. The number of amides is 2. The van der Waals surface area contributed by atoms with Gasteiger partial charge >= 0.3 is 6.18 Å². The Labute approximate surface area is 162 Å². The molecule has 2 amide bonds. The molecule has 3 rings (SSSR count). The topological polar surface area (TPSA) is 61.4 Å². The third kappa shape index (κ3) is 5.35. The highest BCUT2D eigenvalue weighted by atomic mass is 35.5. The lowest BCUT2D eigenvalue weighted by molar-refractivity contribution is -0.137. The summed E-state index contributed by atoms with van der Waals surface area (Å²) in [5.74, 6) is 0.505. The molecular formula is C18H23ClF3N3O2. The van der Waals surface area contributed by atoms with Crippen LogP contribution in [0.1, 0.15) is 28.8 Å². The minimum absolute atomic E-state index is 0. The van der Waals surface area contributed by atoms with E-state index in [1.807, 2.05) is 0 Å². The maximum atomic E-state index is 12.5. The Morgan fingerprint density at radius 1 is 1.07 bits per heavy atom. The highest BCUT2D eigenvalue weighted by molar-refractivity contribution is 5.96. The van der Waals surface area contributed by atoms with Crippen LogP contribution in [0.15, 0.2) is 24.3 Å². The number of likely N-dealkylation sites (tertiary alicyclic amines) is 1. The Balaban J connectivity index is 0.00000261. The van der Waals surface area contributed by atoms with Gasteiger partial charge in [-0.15, -0.1) is 12.4 Å². The first-order chi connectivity index (χ1) is 12.3. The van der Waals surface area contributed by atoms with Crippen molar-refractivity contribution in [1.82, 2.24) is 15.5 Å². The average Bonchev–Trinajstić information content (AvgIpc) is 2.97. The van der Waals surface area contributed by atoms with Gasteiger partial charge in [0.1, 0.15) is 0 Å². The summed E-state index contributed by atoms with van der Waals surface area (Å²) >= 11 is 0. The zero-order chi connectivity index (χ0) is 18.7. The number of hydrogen-bond acceptors (Lipinski definition) is 3. The van der Waals surface area contributed by atoms with Gasteiger partial charge in [0.15, 0.2) is 0 Å². The molecule has 5 nitrogen and oxygen atoms in total. The molecule has 150 valence electrons. The van der Waals surface area contributed by atoms with Crippen molar-refractivity contribution in [1.29, 1.82) is 0 Å². The lowest BCUT2D eigenvalue weighted by Gasteiger charge is -2.21. The molecule has 2 atom stereocenters. The first kappa shape index (κ1) is 21.5. The Morgan fingerprint density at radius 2 is 1.63 bits per heavy atom. The fourth-order valence-corrected chi connectivity index (χ4v) is 3.65. The summed E-state index contributed by atoms with van der Waals surface area (Å²) in [6.45, 7) is 3.21. The van der Waals surface area contributed by atoms with E-state index in [0.717, 1.165) is 50.2 Å². The minimum atomic E-state index is -4.44. The molecule has 2 N–H and O–H groups in total. The summed E-state index contributed by atoms with van der Waals surface area (Å²) < 4.78 is 37.6. The van der Waals surface area contributed by atoms with E-state index in [1.54, 1.807) is 4.90 Å². The van der Waals surface area contributed by atoms with Crippen molar-refractivity contribution < 1.29 is 22.8 Å². The summed E-state index contributed by atoms with van der Waals surface area (Å²) in [5.41, 5.74) is -0.711. The van der Waals surface area contributed by atoms with Crippen LogP contribution in [-0.4, -0.2) is 49.4 Å². The largest absolute Gasteiger partial charge is 0.416 e. The van der Waals surface area contributed by atoms with Crippen molar-refractivity contribution in [2.45, 2.75) is 19.0 Å². The van der Waals surface area contributed by atoms with E-state index < -0.39 is 17.6 Å². The van der Waals surface area contributed by atoms with Crippen molar-refractivity contribution in [2.75, 3.05) is 32.7 Å². The molecule has 2 heterocycles. The van der Waals surface area contributed by atoms with Crippen molar-refractivity contribution in [3.05, 3.63) is 35.4 Å². The molecule has 9 heteroatoms. The molecule has 1 aromatic carbocycles. The maximum absolute atomic E-state index is 12.5. The third-order valence-corrected chi connectivity index (χ3v) is 5.25. The number of halogens is 4. The van der Waals surface area contributed by atoms with Crippen molar-refractivity contribution >= 4 is 24.2 Å². The number of alkyl halides is 3. The van der Waals surface area contributed by atoms with Crippen molar-refractivity contribution in [3.8, 4) is 0 Å². The van der Waals surface area contributed by atoms with Crippen LogP contribution in [0.5, 0.6) is 0 Å². The molecule has 27 heavy (non-hydrogen) atoms. The summed E-state index contributed by atoms with van der Waals surface area (Å²) in [6.07, 6.45) is -2.53.